The first-order valence-corrected chi connectivity index (χ1v) is 11.3. The van der Waals surface area contributed by atoms with Crippen LogP contribution in [0.1, 0.15) is 22.8 Å². The van der Waals surface area contributed by atoms with Gasteiger partial charge in [-0.2, -0.15) is 0 Å². The van der Waals surface area contributed by atoms with E-state index in [4.69, 9.17) is 9.47 Å². The molecule has 0 aliphatic carbocycles. The van der Waals surface area contributed by atoms with Crippen molar-refractivity contribution in [2.24, 2.45) is 0 Å². The van der Waals surface area contributed by atoms with Gasteiger partial charge in [-0.25, -0.2) is 8.42 Å². The van der Waals surface area contributed by atoms with Crippen LogP contribution in [-0.4, -0.2) is 57.8 Å². The third-order valence-corrected chi connectivity index (χ3v) is 6.50. The summed E-state index contributed by atoms with van der Waals surface area (Å²) in [6.07, 6.45) is 1.54. The van der Waals surface area contributed by atoms with E-state index in [1.807, 2.05) is 31.2 Å². The maximum absolute atomic E-state index is 12.9. The van der Waals surface area contributed by atoms with E-state index in [9.17, 15) is 13.2 Å². The van der Waals surface area contributed by atoms with Gasteiger partial charge >= 0.3 is 0 Å². The van der Waals surface area contributed by atoms with Crippen LogP contribution in [0.2, 0.25) is 0 Å². The Bertz CT molecular complexity index is 1050. The number of benzene rings is 2. The van der Waals surface area contributed by atoms with Gasteiger partial charge in [-0.1, -0.05) is 12.1 Å². The zero-order valence-corrected chi connectivity index (χ0v) is 17.5. The Hall–Kier alpha value is -2.74. The number of fused-ring (bicyclic) bond motifs is 2. The number of para-hydroxylation sites is 2. The smallest absolute Gasteiger partial charge is 0.253 e. The van der Waals surface area contributed by atoms with Gasteiger partial charge in [-0.3, -0.25) is 9.10 Å². The van der Waals surface area contributed by atoms with Gasteiger partial charge in [0, 0.05) is 18.7 Å². The van der Waals surface area contributed by atoms with Crippen LogP contribution in [0, 0.1) is 0 Å². The fourth-order valence-electron chi connectivity index (χ4n) is 4.00. The van der Waals surface area contributed by atoms with Crippen LogP contribution in [0.15, 0.2) is 42.5 Å². The minimum absolute atomic E-state index is 0.138. The number of hydrogen-bond acceptors (Lipinski definition) is 5. The number of nitrogens with zero attached hydrogens (tertiary/aromatic N) is 2. The molecule has 2 aromatic carbocycles. The van der Waals surface area contributed by atoms with Gasteiger partial charge in [0.15, 0.2) is 17.6 Å². The van der Waals surface area contributed by atoms with Crippen LogP contribution >= 0.6 is 0 Å². The molecule has 1 amide bonds. The first-order valence-electron chi connectivity index (χ1n) is 9.50. The summed E-state index contributed by atoms with van der Waals surface area (Å²) >= 11 is 0. The molecule has 2 heterocycles. The van der Waals surface area contributed by atoms with Gasteiger partial charge in [0.05, 0.1) is 18.5 Å². The highest BCUT2D eigenvalue weighted by atomic mass is 32.2. The fourth-order valence-corrected chi connectivity index (χ4v) is 5.27. The molecule has 0 radical (unpaired) electrons. The minimum Gasteiger partial charge on any atom is -0.486 e. The van der Waals surface area contributed by atoms with Crippen molar-refractivity contribution in [3.8, 4) is 11.5 Å². The number of ether oxygens (including phenoxy) is 2. The first kappa shape index (κ1) is 19.6. The number of hydrogen-bond donors (Lipinski definition) is 0. The van der Waals surface area contributed by atoms with E-state index in [0.717, 1.165) is 5.56 Å². The number of carbonyl (C=O) groups excluding carboxylic acids is 1. The van der Waals surface area contributed by atoms with Crippen LogP contribution in [0.3, 0.4) is 0 Å². The van der Waals surface area contributed by atoms with E-state index >= 15 is 0 Å². The average molecular weight is 416 g/mol. The molecule has 0 saturated heterocycles. The fraction of sp³-hybridized carbons (Fsp3) is 0.381. The van der Waals surface area contributed by atoms with Crippen molar-refractivity contribution in [3.05, 3.63) is 53.6 Å². The molecule has 7 nitrogen and oxygen atoms in total. The molecule has 0 fully saturated rings. The van der Waals surface area contributed by atoms with Gasteiger partial charge in [-0.05, 0) is 49.2 Å². The molecular formula is C21H24N2O5S. The van der Waals surface area contributed by atoms with Crippen molar-refractivity contribution in [2.75, 3.05) is 30.8 Å². The Morgan fingerprint density at radius 2 is 1.93 bits per heavy atom. The van der Waals surface area contributed by atoms with Crippen molar-refractivity contribution in [3.63, 3.8) is 0 Å². The molecule has 4 rings (SSSR count). The summed E-state index contributed by atoms with van der Waals surface area (Å²) in [4.78, 5) is 14.5. The third-order valence-electron chi connectivity index (χ3n) is 5.23. The van der Waals surface area contributed by atoms with Crippen LogP contribution < -0.4 is 13.8 Å². The molecule has 2 aliphatic heterocycles. The van der Waals surface area contributed by atoms with Gasteiger partial charge < -0.3 is 14.4 Å². The van der Waals surface area contributed by atoms with Crippen LogP contribution in [-0.2, 0) is 16.4 Å². The van der Waals surface area contributed by atoms with E-state index in [2.05, 4.69) is 0 Å². The molecule has 0 bridgehead atoms. The number of carbonyl (C=O) groups is 1. The van der Waals surface area contributed by atoms with E-state index in [0.29, 0.717) is 42.3 Å². The maximum Gasteiger partial charge on any atom is 0.253 e. The Kier molecular flexibility index (Phi) is 4.90. The second-order valence-electron chi connectivity index (χ2n) is 7.64. The number of likely N-dealkylation sites (N-methyl/N-ethyl adjacent to an activating group) is 1. The Balaban J connectivity index is 1.47. The Morgan fingerprint density at radius 1 is 1.21 bits per heavy atom. The first-order chi connectivity index (χ1) is 13.7. The minimum atomic E-state index is -3.35. The van der Waals surface area contributed by atoms with Crippen molar-refractivity contribution in [1.29, 1.82) is 0 Å². The second kappa shape index (κ2) is 7.26. The molecule has 154 valence electrons. The van der Waals surface area contributed by atoms with Crippen LogP contribution in [0.4, 0.5) is 5.69 Å². The van der Waals surface area contributed by atoms with Crippen molar-refractivity contribution in [2.45, 2.75) is 25.5 Å². The van der Waals surface area contributed by atoms with Crippen LogP contribution in [0.25, 0.3) is 0 Å². The second-order valence-corrected chi connectivity index (χ2v) is 9.50. The van der Waals surface area contributed by atoms with Crippen LogP contribution in [0.5, 0.6) is 11.5 Å². The lowest BCUT2D eigenvalue weighted by Gasteiger charge is -2.29. The number of anilines is 1. The SMILES string of the molecule is C[C@H]1Cc2cc(C(=O)N(C)C[C@@H]3COc4ccccc4O3)ccc2N1S(C)(=O)=O. The Morgan fingerprint density at radius 3 is 2.66 bits per heavy atom. The lowest BCUT2D eigenvalue weighted by Crippen LogP contribution is -2.41. The summed E-state index contributed by atoms with van der Waals surface area (Å²) in [6, 6.07) is 12.5. The average Bonchev–Trinajstić information content (AvgIpc) is 3.02. The monoisotopic (exact) mass is 416 g/mol. The lowest BCUT2D eigenvalue weighted by atomic mass is 10.1. The van der Waals surface area contributed by atoms with Crippen molar-refractivity contribution < 1.29 is 22.7 Å². The predicted molar refractivity (Wildman–Crippen MR) is 110 cm³/mol. The molecular weight excluding hydrogens is 392 g/mol. The summed E-state index contributed by atoms with van der Waals surface area (Å²) in [6.45, 7) is 2.63. The largest absolute Gasteiger partial charge is 0.486 e. The quantitative estimate of drug-likeness (QED) is 0.765. The van der Waals surface area contributed by atoms with E-state index in [-0.39, 0.29) is 18.1 Å². The highest BCUT2D eigenvalue weighted by Gasteiger charge is 2.33. The molecule has 8 heteroatoms. The van der Waals surface area contributed by atoms with Crippen molar-refractivity contribution in [1.82, 2.24) is 4.90 Å². The maximum atomic E-state index is 12.9. The molecule has 0 saturated carbocycles. The Labute approximate surface area is 170 Å². The predicted octanol–water partition coefficient (Wildman–Crippen LogP) is 2.31. The zero-order valence-electron chi connectivity index (χ0n) is 16.7. The third kappa shape index (κ3) is 3.76. The van der Waals surface area contributed by atoms with E-state index in [1.54, 1.807) is 30.1 Å². The summed E-state index contributed by atoms with van der Waals surface area (Å²) < 4.78 is 37.2. The zero-order chi connectivity index (χ0) is 20.8. The summed E-state index contributed by atoms with van der Waals surface area (Å²) in [5.41, 5.74) is 2.05. The lowest BCUT2D eigenvalue weighted by molar-refractivity contribution is 0.0521. The van der Waals surface area contributed by atoms with Gasteiger partial charge in [0.1, 0.15) is 6.61 Å². The highest BCUT2D eigenvalue weighted by molar-refractivity contribution is 7.92. The van der Waals surface area contributed by atoms with E-state index in [1.165, 1.54) is 10.6 Å². The molecule has 2 aromatic rings. The highest BCUT2D eigenvalue weighted by Crippen LogP contribution is 2.35. The summed E-state index contributed by atoms with van der Waals surface area (Å²) in [7, 11) is -1.62. The van der Waals surface area contributed by atoms with Gasteiger partial charge in [-0.15, -0.1) is 0 Å². The molecule has 29 heavy (non-hydrogen) atoms. The summed E-state index contributed by atoms with van der Waals surface area (Å²) in [5, 5.41) is 0. The topological polar surface area (TPSA) is 76.2 Å². The molecule has 0 N–H and O–H groups in total. The number of rotatable bonds is 4. The molecule has 0 spiro atoms. The molecule has 2 aliphatic rings. The molecule has 0 aromatic heterocycles. The summed E-state index contributed by atoms with van der Waals surface area (Å²) in [5.74, 6) is 1.25. The van der Waals surface area contributed by atoms with Gasteiger partial charge in [0.25, 0.3) is 5.91 Å². The number of sulfonamides is 1. The molecule has 0 unspecified atom stereocenters. The standard InChI is InChI=1S/C21H24N2O5S/c1-14-10-16-11-15(8-9-18(16)23(14)29(3,25)26)21(24)22(2)12-17-13-27-19-6-4-5-7-20(19)28-17/h4-9,11,14,17H,10,12-13H2,1-3H3/t14-,17+/m0/s1. The van der Waals surface area contributed by atoms with Gasteiger partial charge in [0.2, 0.25) is 10.0 Å². The van der Waals surface area contributed by atoms with E-state index < -0.39 is 10.0 Å². The molecule has 2 atom stereocenters. The number of amides is 1. The normalized spacial score (nSPS) is 20.3. The van der Waals surface area contributed by atoms with Crippen molar-refractivity contribution >= 4 is 21.6 Å².